The Balaban J connectivity index is 1.97. The van der Waals surface area contributed by atoms with Gasteiger partial charge in [-0.05, 0) is 44.7 Å². The molecule has 100 valence electrons. The molecule has 0 fully saturated rings. The summed E-state index contributed by atoms with van der Waals surface area (Å²) in [6.07, 6.45) is 4.55. The van der Waals surface area contributed by atoms with Gasteiger partial charge in [-0.3, -0.25) is 0 Å². The van der Waals surface area contributed by atoms with Gasteiger partial charge >= 0.3 is 0 Å². The highest BCUT2D eigenvalue weighted by atomic mass is 79.9. The zero-order valence-electron chi connectivity index (χ0n) is 10.9. The molecule has 4 heteroatoms. The van der Waals surface area contributed by atoms with E-state index >= 15 is 0 Å². The van der Waals surface area contributed by atoms with Gasteiger partial charge in [0.1, 0.15) is 11.6 Å². The van der Waals surface area contributed by atoms with Crippen LogP contribution in [0.3, 0.4) is 0 Å². The first-order valence-corrected chi connectivity index (χ1v) is 7.43. The predicted molar refractivity (Wildman–Crippen MR) is 76.8 cm³/mol. The van der Waals surface area contributed by atoms with Crippen molar-refractivity contribution < 1.29 is 4.39 Å². The number of rotatable bonds is 2. The summed E-state index contributed by atoms with van der Waals surface area (Å²) in [6, 6.07) is 5.25. The monoisotopic (exact) mass is 322 g/mol. The first kappa shape index (κ1) is 12.9. The fourth-order valence-corrected chi connectivity index (χ4v) is 3.10. The molecule has 1 aromatic carbocycles. The third-order valence-electron chi connectivity index (χ3n) is 3.77. The SMILES string of the molecule is Cc1nc2c(n1Cc1ccc(Br)cc1F)CCCC2. The van der Waals surface area contributed by atoms with Gasteiger partial charge in [-0.1, -0.05) is 22.0 Å². The van der Waals surface area contributed by atoms with Crippen molar-refractivity contribution in [2.24, 2.45) is 0 Å². The number of hydrogen-bond acceptors (Lipinski definition) is 1. The maximum atomic E-state index is 13.9. The van der Waals surface area contributed by atoms with Crippen LogP contribution in [0.1, 0.15) is 35.6 Å². The van der Waals surface area contributed by atoms with Crippen LogP contribution >= 0.6 is 15.9 Å². The second-order valence-corrected chi connectivity index (χ2v) is 6.00. The van der Waals surface area contributed by atoms with Gasteiger partial charge in [0, 0.05) is 15.7 Å². The molecular weight excluding hydrogens is 307 g/mol. The zero-order valence-corrected chi connectivity index (χ0v) is 12.5. The molecule has 3 rings (SSSR count). The largest absolute Gasteiger partial charge is 0.327 e. The molecule has 0 unspecified atom stereocenters. The molecule has 0 spiro atoms. The highest BCUT2D eigenvalue weighted by molar-refractivity contribution is 9.10. The van der Waals surface area contributed by atoms with Gasteiger partial charge in [-0.2, -0.15) is 0 Å². The molecule has 0 amide bonds. The standard InChI is InChI=1S/C15H16BrFN2/c1-10-18-14-4-2-3-5-15(14)19(10)9-11-6-7-12(16)8-13(11)17/h6-8H,2-5,9H2,1H3. The number of nitrogens with zero attached hydrogens (tertiary/aromatic N) is 2. The van der Waals surface area contributed by atoms with Crippen molar-refractivity contribution >= 4 is 15.9 Å². The van der Waals surface area contributed by atoms with E-state index in [2.05, 4.69) is 25.5 Å². The number of fused-ring (bicyclic) bond motifs is 1. The Labute approximate surface area is 120 Å². The van der Waals surface area contributed by atoms with Crippen molar-refractivity contribution in [2.75, 3.05) is 0 Å². The van der Waals surface area contributed by atoms with Gasteiger partial charge in [0.25, 0.3) is 0 Å². The molecule has 0 aliphatic heterocycles. The lowest BCUT2D eigenvalue weighted by molar-refractivity contribution is 0.581. The number of aryl methyl sites for hydroxylation is 2. The Morgan fingerprint density at radius 3 is 2.89 bits per heavy atom. The summed E-state index contributed by atoms with van der Waals surface area (Å²) in [5.41, 5.74) is 3.23. The highest BCUT2D eigenvalue weighted by Crippen LogP contribution is 2.24. The van der Waals surface area contributed by atoms with Crippen LogP contribution in [-0.4, -0.2) is 9.55 Å². The van der Waals surface area contributed by atoms with Crippen molar-refractivity contribution in [3.05, 3.63) is 51.3 Å². The van der Waals surface area contributed by atoms with Gasteiger partial charge < -0.3 is 4.57 Å². The Bertz CT molecular complexity index is 619. The summed E-state index contributed by atoms with van der Waals surface area (Å²) in [7, 11) is 0. The summed E-state index contributed by atoms with van der Waals surface area (Å²) in [5.74, 6) is 0.834. The molecule has 0 atom stereocenters. The quantitative estimate of drug-likeness (QED) is 0.816. The van der Waals surface area contributed by atoms with E-state index in [0.717, 1.165) is 28.7 Å². The average molecular weight is 323 g/mol. The Morgan fingerprint density at radius 2 is 2.11 bits per heavy atom. The molecule has 1 aliphatic carbocycles. The minimum Gasteiger partial charge on any atom is -0.327 e. The van der Waals surface area contributed by atoms with Crippen LogP contribution in [0.25, 0.3) is 0 Å². The van der Waals surface area contributed by atoms with Gasteiger partial charge in [0.15, 0.2) is 0 Å². The maximum absolute atomic E-state index is 13.9. The van der Waals surface area contributed by atoms with E-state index in [-0.39, 0.29) is 5.82 Å². The maximum Gasteiger partial charge on any atom is 0.129 e. The molecule has 2 nitrogen and oxygen atoms in total. The van der Waals surface area contributed by atoms with Crippen molar-refractivity contribution in [3.8, 4) is 0 Å². The smallest absolute Gasteiger partial charge is 0.129 e. The van der Waals surface area contributed by atoms with Crippen molar-refractivity contribution in [3.63, 3.8) is 0 Å². The van der Waals surface area contributed by atoms with E-state index < -0.39 is 0 Å². The first-order valence-electron chi connectivity index (χ1n) is 6.64. The van der Waals surface area contributed by atoms with Crippen LogP contribution < -0.4 is 0 Å². The summed E-state index contributed by atoms with van der Waals surface area (Å²) < 4.78 is 16.9. The average Bonchev–Trinajstić information content (AvgIpc) is 2.69. The number of hydrogen-bond donors (Lipinski definition) is 0. The van der Waals surface area contributed by atoms with Crippen LogP contribution in [-0.2, 0) is 19.4 Å². The molecule has 19 heavy (non-hydrogen) atoms. The van der Waals surface area contributed by atoms with Crippen LogP contribution in [0.5, 0.6) is 0 Å². The summed E-state index contributed by atoms with van der Waals surface area (Å²) in [5, 5.41) is 0. The van der Waals surface area contributed by atoms with E-state index in [1.165, 1.54) is 30.3 Å². The number of aromatic nitrogens is 2. The van der Waals surface area contributed by atoms with Crippen molar-refractivity contribution in [1.82, 2.24) is 9.55 Å². The van der Waals surface area contributed by atoms with Crippen LogP contribution in [0.2, 0.25) is 0 Å². The topological polar surface area (TPSA) is 17.8 Å². The minimum absolute atomic E-state index is 0.160. The Hall–Kier alpha value is -1.16. The predicted octanol–water partition coefficient (Wildman–Crippen LogP) is 4.02. The molecule has 0 N–H and O–H groups in total. The van der Waals surface area contributed by atoms with Crippen molar-refractivity contribution in [2.45, 2.75) is 39.2 Å². The van der Waals surface area contributed by atoms with Crippen LogP contribution in [0.4, 0.5) is 4.39 Å². The zero-order chi connectivity index (χ0) is 13.4. The van der Waals surface area contributed by atoms with Crippen molar-refractivity contribution in [1.29, 1.82) is 0 Å². The molecule has 1 aromatic heterocycles. The second-order valence-electron chi connectivity index (χ2n) is 5.08. The summed E-state index contributed by atoms with van der Waals surface area (Å²) in [4.78, 5) is 4.63. The van der Waals surface area contributed by atoms with Gasteiger partial charge in [0.2, 0.25) is 0 Å². The Morgan fingerprint density at radius 1 is 1.32 bits per heavy atom. The third kappa shape index (κ3) is 2.46. The Kier molecular flexibility index (Phi) is 3.44. The van der Waals surface area contributed by atoms with Gasteiger partial charge in [-0.15, -0.1) is 0 Å². The van der Waals surface area contributed by atoms with E-state index in [4.69, 9.17) is 0 Å². The van der Waals surface area contributed by atoms with E-state index in [0.29, 0.717) is 6.54 Å². The van der Waals surface area contributed by atoms with E-state index in [1.807, 2.05) is 19.1 Å². The summed E-state index contributed by atoms with van der Waals surface area (Å²) >= 11 is 3.29. The van der Waals surface area contributed by atoms with Gasteiger partial charge in [-0.25, -0.2) is 9.37 Å². The van der Waals surface area contributed by atoms with Crippen LogP contribution in [0.15, 0.2) is 22.7 Å². The second kappa shape index (κ2) is 5.08. The number of halogens is 2. The first-order chi connectivity index (χ1) is 9.15. The molecule has 1 heterocycles. The molecule has 0 saturated heterocycles. The lowest BCUT2D eigenvalue weighted by Crippen LogP contribution is -2.11. The van der Waals surface area contributed by atoms with Gasteiger partial charge in [0.05, 0.1) is 12.2 Å². The molecule has 1 aliphatic rings. The van der Waals surface area contributed by atoms with E-state index in [1.54, 1.807) is 0 Å². The number of benzene rings is 1. The van der Waals surface area contributed by atoms with Crippen LogP contribution in [0, 0.1) is 12.7 Å². The molecule has 0 saturated carbocycles. The normalized spacial score (nSPS) is 14.5. The lowest BCUT2D eigenvalue weighted by Gasteiger charge is -2.15. The number of imidazole rings is 1. The lowest BCUT2D eigenvalue weighted by atomic mass is 10.0. The molecular formula is C15H16BrFN2. The fraction of sp³-hybridized carbons (Fsp3) is 0.400. The third-order valence-corrected chi connectivity index (χ3v) is 4.26. The summed E-state index contributed by atoms with van der Waals surface area (Å²) in [6.45, 7) is 2.59. The minimum atomic E-state index is -0.160. The molecule has 2 aromatic rings. The van der Waals surface area contributed by atoms with E-state index in [9.17, 15) is 4.39 Å². The highest BCUT2D eigenvalue weighted by Gasteiger charge is 2.18. The molecule has 0 radical (unpaired) electrons. The molecule has 0 bridgehead atoms. The fourth-order valence-electron chi connectivity index (χ4n) is 2.77.